The molecule has 1 saturated heterocycles. The van der Waals surface area contributed by atoms with Gasteiger partial charge in [-0.05, 0) is 26.2 Å². The highest BCUT2D eigenvalue weighted by molar-refractivity contribution is 5.85. The van der Waals surface area contributed by atoms with Crippen molar-refractivity contribution in [2.24, 2.45) is 0 Å². The van der Waals surface area contributed by atoms with Crippen molar-refractivity contribution in [3.05, 3.63) is 17.7 Å². The van der Waals surface area contributed by atoms with E-state index in [1.165, 1.54) is 0 Å². The fourth-order valence-electron chi connectivity index (χ4n) is 2.57. The molecule has 1 aromatic heterocycles. The number of halogens is 2. The molecule has 0 saturated carbocycles. The van der Waals surface area contributed by atoms with Gasteiger partial charge < -0.3 is 15.5 Å². The molecule has 1 fully saturated rings. The molecule has 1 unspecified atom stereocenters. The van der Waals surface area contributed by atoms with E-state index in [2.05, 4.69) is 15.6 Å². The topological polar surface area (TPSA) is 57.3 Å². The van der Waals surface area contributed by atoms with Gasteiger partial charge in [-0.25, -0.2) is 13.8 Å². The zero-order valence-electron chi connectivity index (χ0n) is 12.2. The Hall–Kier alpha value is -1.92. The number of carbonyl (C=O) groups excluding carboxylic acids is 1. The van der Waals surface area contributed by atoms with Crippen molar-refractivity contribution < 1.29 is 13.6 Å². The van der Waals surface area contributed by atoms with E-state index in [0.29, 0.717) is 19.5 Å². The summed E-state index contributed by atoms with van der Waals surface area (Å²) in [6, 6.07) is 0.348. The van der Waals surface area contributed by atoms with Crippen LogP contribution < -0.4 is 15.5 Å². The van der Waals surface area contributed by atoms with Crippen LogP contribution in [0.4, 0.5) is 20.4 Å². The minimum absolute atomic E-state index is 0.00938. The summed E-state index contributed by atoms with van der Waals surface area (Å²) in [4.78, 5) is 17.6. The molecule has 7 heteroatoms. The first kappa shape index (κ1) is 15.5. The van der Waals surface area contributed by atoms with E-state index in [4.69, 9.17) is 0 Å². The Morgan fingerprint density at radius 3 is 2.86 bits per heavy atom. The van der Waals surface area contributed by atoms with Gasteiger partial charge in [0, 0.05) is 26.2 Å². The summed E-state index contributed by atoms with van der Waals surface area (Å²) < 4.78 is 27.7. The molecule has 1 aliphatic rings. The Morgan fingerprint density at radius 1 is 1.43 bits per heavy atom. The molecule has 1 amide bonds. The van der Waals surface area contributed by atoms with E-state index in [-0.39, 0.29) is 17.5 Å². The lowest BCUT2D eigenvalue weighted by Crippen LogP contribution is -2.49. The summed E-state index contributed by atoms with van der Waals surface area (Å²) in [5.41, 5.74) is 0. The van der Waals surface area contributed by atoms with Crippen molar-refractivity contribution in [2.75, 3.05) is 30.4 Å². The molecule has 0 aromatic carbocycles. The predicted octanol–water partition coefficient (Wildman–Crippen LogP) is 1.90. The molecule has 1 aromatic rings. The quantitative estimate of drug-likeness (QED) is 0.891. The normalized spacial score (nSPS) is 18.5. The molecule has 2 heterocycles. The van der Waals surface area contributed by atoms with Crippen LogP contribution in [-0.2, 0) is 4.79 Å². The van der Waals surface area contributed by atoms with Gasteiger partial charge in [-0.1, -0.05) is 0 Å². The van der Waals surface area contributed by atoms with Crippen molar-refractivity contribution in [1.82, 2.24) is 10.3 Å². The first-order chi connectivity index (χ1) is 10.1. The van der Waals surface area contributed by atoms with Crippen LogP contribution in [0, 0.1) is 11.6 Å². The molecule has 1 aliphatic heterocycles. The maximum Gasteiger partial charge on any atom is 0.242 e. The smallest absolute Gasteiger partial charge is 0.242 e. The molecule has 0 bridgehead atoms. The molecule has 2 N–H and O–H groups in total. The Morgan fingerprint density at radius 2 is 2.19 bits per heavy atom. The maximum atomic E-state index is 14.1. The molecular weight excluding hydrogens is 278 g/mol. The number of aromatic nitrogens is 1. The summed E-state index contributed by atoms with van der Waals surface area (Å²) in [6.45, 7) is 2.81. The van der Waals surface area contributed by atoms with Crippen molar-refractivity contribution in [3.8, 4) is 0 Å². The van der Waals surface area contributed by atoms with Crippen molar-refractivity contribution in [3.63, 3.8) is 0 Å². The van der Waals surface area contributed by atoms with Crippen LogP contribution in [0.3, 0.4) is 0 Å². The van der Waals surface area contributed by atoms with E-state index < -0.39 is 17.7 Å². The lowest BCUT2D eigenvalue weighted by molar-refractivity contribution is -0.122. The fraction of sp³-hybridized carbons (Fsp3) is 0.571. The van der Waals surface area contributed by atoms with Gasteiger partial charge in [0.05, 0.1) is 0 Å². The standard InChI is InChI=1S/C14H20F2N4O/c1-3-18-12-9(15)8-10(16)13(19-12)20-7-5-4-6-11(20)14(21)17-2/h8,11H,3-7H2,1-2H3,(H,17,21)(H,18,19). The third-order valence-electron chi connectivity index (χ3n) is 3.58. The van der Waals surface area contributed by atoms with E-state index in [1.807, 2.05) is 0 Å². The largest absolute Gasteiger partial charge is 0.368 e. The number of anilines is 2. The number of likely N-dealkylation sites (N-methyl/N-ethyl adjacent to an activating group) is 1. The van der Waals surface area contributed by atoms with Crippen LogP contribution >= 0.6 is 0 Å². The summed E-state index contributed by atoms with van der Waals surface area (Å²) in [5.74, 6) is -1.61. The van der Waals surface area contributed by atoms with Crippen LogP contribution in [0.5, 0.6) is 0 Å². The summed E-state index contributed by atoms with van der Waals surface area (Å²) in [6.07, 6.45) is 2.38. The number of amides is 1. The molecule has 116 valence electrons. The van der Waals surface area contributed by atoms with Gasteiger partial charge in [-0.15, -0.1) is 0 Å². The highest BCUT2D eigenvalue weighted by Gasteiger charge is 2.31. The summed E-state index contributed by atoms with van der Waals surface area (Å²) >= 11 is 0. The minimum Gasteiger partial charge on any atom is -0.368 e. The number of rotatable bonds is 4. The van der Waals surface area contributed by atoms with Crippen LogP contribution in [0.1, 0.15) is 26.2 Å². The number of piperidine rings is 1. The first-order valence-corrected chi connectivity index (χ1v) is 7.16. The van der Waals surface area contributed by atoms with E-state index in [9.17, 15) is 13.6 Å². The lowest BCUT2D eigenvalue weighted by Gasteiger charge is -2.35. The molecule has 2 rings (SSSR count). The highest BCUT2D eigenvalue weighted by atomic mass is 19.1. The number of hydrogen-bond donors (Lipinski definition) is 2. The SMILES string of the molecule is CCNc1nc(N2CCCCC2C(=O)NC)c(F)cc1F. The van der Waals surface area contributed by atoms with Gasteiger partial charge in [0.1, 0.15) is 6.04 Å². The molecule has 5 nitrogen and oxygen atoms in total. The second-order valence-corrected chi connectivity index (χ2v) is 4.97. The number of hydrogen-bond acceptors (Lipinski definition) is 4. The van der Waals surface area contributed by atoms with Gasteiger partial charge >= 0.3 is 0 Å². The number of carbonyl (C=O) groups is 1. The summed E-state index contributed by atoms with van der Waals surface area (Å²) in [5, 5.41) is 5.35. The lowest BCUT2D eigenvalue weighted by atomic mass is 10.0. The van der Waals surface area contributed by atoms with Crippen LogP contribution in [0.15, 0.2) is 6.07 Å². The monoisotopic (exact) mass is 298 g/mol. The van der Waals surface area contributed by atoms with E-state index in [0.717, 1.165) is 18.9 Å². The second kappa shape index (κ2) is 6.69. The molecule has 0 radical (unpaired) electrons. The Kier molecular flexibility index (Phi) is 4.93. The average molecular weight is 298 g/mol. The van der Waals surface area contributed by atoms with Gasteiger partial charge in [0.2, 0.25) is 5.91 Å². The van der Waals surface area contributed by atoms with E-state index in [1.54, 1.807) is 18.9 Å². The zero-order valence-corrected chi connectivity index (χ0v) is 12.2. The van der Waals surface area contributed by atoms with Crippen LogP contribution in [-0.4, -0.2) is 37.1 Å². The second-order valence-electron chi connectivity index (χ2n) is 4.97. The maximum absolute atomic E-state index is 14.1. The van der Waals surface area contributed by atoms with Crippen molar-refractivity contribution >= 4 is 17.5 Å². The van der Waals surface area contributed by atoms with Gasteiger partial charge in [0.15, 0.2) is 23.3 Å². The average Bonchev–Trinajstić information content (AvgIpc) is 2.49. The third kappa shape index (κ3) is 3.22. The van der Waals surface area contributed by atoms with E-state index >= 15 is 0 Å². The predicted molar refractivity (Wildman–Crippen MR) is 77.4 cm³/mol. The number of pyridine rings is 1. The van der Waals surface area contributed by atoms with Crippen molar-refractivity contribution in [2.45, 2.75) is 32.2 Å². The van der Waals surface area contributed by atoms with Gasteiger partial charge in [-0.3, -0.25) is 4.79 Å². The zero-order chi connectivity index (χ0) is 15.4. The van der Waals surface area contributed by atoms with Crippen LogP contribution in [0.25, 0.3) is 0 Å². The van der Waals surface area contributed by atoms with Gasteiger partial charge in [-0.2, -0.15) is 0 Å². The number of nitrogens with zero attached hydrogens (tertiary/aromatic N) is 2. The number of nitrogens with one attached hydrogen (secondary N) is 2. The molecular formula is C14H20F2N4O. The summed E-state index contributed by atoms with van der Waals surface area (Å²) in [7, 11) is 1.55. The van der Waals surface area contributed by atoms with Crippen LogP contribution in [0.2, 0.25) is 0 Å². The van der Waals surface area contributed by atoms with Gasteiger partial charge in [0.25, 0.3) is 0 Å². The Bertz CT molecular complexity index is 524. The minimum atomic E-state index is -0.745. The highest BCUT2D eigenvalue weighted by Crippen LogP contribution is 2.28. The Labute approximate surface area is 122 Å². The Balaban J connectivity index is 2.37. The molecule has 1 atom stereocenters. The first-order valence-electron chi connectivity index (χ1n) is 7.16. The third-order valence-corrected chi connectivity index (χ3v) is 3.58. The molecule has 0 spiro atoms. The molecule has 0 aliphatic carbocycles. The molecule has 21 heavy (non-hydrogen) atoms. The fourth-order valence-corrected chi connectivity index (χ4v) is 2.57. The van der Waals surface area contributed by atoms with Crippen molar-refractivity contribution in [1.29, 1.82) is 0 Å².